The number of rotatable bonds is 8. The Balaban J connectivity index is 1.82. The first kappa shape index (κ1) is 15.5. The Kier molecular flexibility index (Phi) is 5.75. The third-order valence-electron chi connectivity index (χ3n) is 3.43. The van der Waals surface area contributed by atoms with Crippen molar-refractivity contribution in [3.63, 3.8) is 0 Å². The maximum absolute atomic E-state index is 4.18. The van der Waals surface area contributed by atoms with Crippen LogP contribution in [-0.4, -0.2) is 35.1 Å². The van der Waals surface area contributed by atoms with Crippen LogP contribution in [0.1, 0.15) is 24.6 Å². The largest absolute Gasteiger partial charge is 0.373 e. The second kappa shape index (κ2) is 7.78. The number of aryl methyl sites for hydroxylation is 1. The van der Waals surface area contributed by atoms with E-state index in [1.165, 1.54) is 11.3 Å². The van der Waals surface area contributed by atoms with Gasteiger partial charge >= 0.3 is 0 Å². The number of nitrogens with zero attached hydrogens (tertiary/aromatic N) is 4. The molecule has 0 bridgehead atoms. The predicted octanol–water partition coefficient (Wildman–Crippen LogP) is 2.22. The predicted molar refractivity (Wildman–Crippen MR) is 86.5 cm³/mol. The fourth-order valence-corrected chi connectivity index (χ4v) is 2.17. The molecule has 0 aliphatic heterocycles. The van der Waals surface area contributed by atoms with E-state index >= 15 is 0 Å². The van der Waals surface area contributed by atoms with Crippen molar-refractivity contribution in [3.05, 3.63) is 41.7 Å². The van der Waals surface area contributed by atoms with Gasteiger partial charge in [0.15, 0.2) is 0 Å². The van der Waals surface area contributed by atoms with Crippen molar-refractivity contribution in [3.8, 4) is 0 Å². The van der Waals surface area contributed by atoms with Gasteiger partial charge in [-0.15, -0.1) is 5.10 Å². The molecule has 1 aromatic carbocycles. The van der Waals surface area contributed by atoms with E-state index in [0.29, 0.717) is 0 Å². The maximum atomic E-state index is 4.18. The summed E-state index contributed by atoms with van der Waals surface area (Å²) in [6, 6.07) is 8.54. The lowest BCUT2D eigenvalue weighted by Crippen LogP contribution is -2.23. The van der Waals surface area contributed by atoms with E-state index in [2.05, 4.69) is 65.7 Å². The first-order valence-corrected chi connectivity index (χ1v) is 7.56. The summed E-state index contributed by atoms with van der Waals surface area (Å²) in [5.41, 5.74) is 3.52. The number of nitrogens with one attached hydrogen (secondary N) is 1. The maximum Gasteiger partial charge on any atom is 0.0964 e. The van der Waals surface area contributed by atoms with Crippen molar-refractivity contribution in [2.75, 3.05) is 25.0 Å². The molecule has 0 aliphatic carbocycles. The molecule has 0 saturated heterocycles. The van der Waals surface area contributed by atoms with Gasteiger partial charge in [0.25, 0.3) is 0 Å². The standard InChI is InChI=1S/C16H25N5/c1-4-8-17-12-15-13-21(19-18-15)10-9-20(3)16-7-5-6-14(2)11-16/h5-7,11,13,17H,4,8-10,12H2,1-3H3. The average molecular weight is 287 g/mol. The Labute approximate surface area is 127 Å². The molecule has 2 aromatic rings. The summed E-state index contributed by atoms with van der Waals surface area (Å²) in [6.45, 7) is 7.83. The van der Waals surface area contributed by atoms with E-state index in [1.807, 2.05) is 10.9 Å². The number of hydrogen-bond acceptors (Lipinski definition) is 4. The quantitative estimate of drug-likeness (QED) is 0.756. The van der Waals surface area contributed by atoms with Gasteiger partial charge in [-0.3, -0.25) is 4.68 Å². The number of aromatic nitrogens is 3. The van der Waals surface area contributed by atoms with Crippen molar-refractivity contribution in [1.82, 2.24) is 20.3 Å². The first-order valence-electron chi connectivity index (χ1n) is 7.56. The summed E-state index contributed by atoms with van der Waals surface area (Å²) in [5.74, 6) is 0. The van der Waals surface area contributed by atoms with E-state index in [-0.39, 0.29) is 0 Å². The molecule has 2 rings (SSSR count). The smallest absolute Gasteiger partial charge is 0.0964 e. The zero-order chi connectivity index (χ0) is 15.1. The minimum absolute atomic E-state index is 0.793. The molecule has 0 fully saturated rings. The van der Waals surface area contributed by atoms with Crippen molar-refractivity contribution in [2.24, 2.45) is 0 Å². The summed E-state index contributed by atoms with van der Waals surface area (Å²) < 4.78 is 1.91. The summed E-state index contributed by atoms with van der Waals surface area (Å²) in [4.78, 5) is 2.24. The lowest BCUT2D eigenvalue weighted by Gasteiger charge is -2.19. The molecule has 0 atom stereocenters. The van der Waals surface area contributed by atoms with Gasteiger partial charge < -0.3 is 10.2 Å². The van der Waals surface area contributed by atoms with Crippen LogP contribution in [-0.2, 0) is 13.1 Å². The summed E-state index contributed by atoms with van der Waals surface area (Å²) in [7, 11) is 2.11. The van der Waals surface area contributed by atoms with Crippen LogP contribution >= 0.6 is 0 Å². The van der Waals surface area contributed by atoms with Gasteiger partial charge in [-0.1, -0.05) is 24.3 Å². The first-order chi connectivity index (χ1) is 10.2. The van der Waals surface area contributed by atoms with E-state index < -0.39 is 0 Å². The van der Waals surface area contributed by atoms with E-state index in [0.717, 1.165) is 38.3 Å². The Morgan fingerprint density at radius 1 is 1.33 bits per heavy atom. The van der Waals surface area contributed by atoms with Crippen LogP contribution in [0, 0.1) is 6.92 Å². The summed E-state index contributed by atoms with van der Waals surface area (Å²) in [6.07, 6.45) is 3.15. The normalized spacial score (nSPS) is 10.8. The summed E-state index contributed by atoms with van der Waals surface area (Å²) in [5, 5.41) is 11.7. The number of likely N-dealkylation sites (N-methyl/N-ethyl adjacent to an activating group) is 1. The molecule has 0 saturated carbocycles. The lowest BCUT2D eigenvalue weighted by atomic mass is 10.2. The van der Waals surface area contributed by atoms with E-state index in [9.17, 15) is 0 Å². The van der Waals surface area contributed by atoms with Crippen LogP contribution in [0.3, 0.4) is 0 Å². The average Bonchev–Trinajstić information content (AvgIpc) is 2.93. The number of benzene rings is 1. The molecule has 114 valence electrons. The third-order valence-corrected chi connectivity index (χ3v) is 3.43. The molecule has 0 unspecified atom stereocenters. The van der Waals surface area contributed by atoms with Gasteiger partial charge in [0.2, 0.25) is 0 Å². The lowest BCUT2D eigenvalue weighted by molar-refractivity contribution is 0.587. The minimum atomic E-state index is 0.793. The Hall–Kier alpha value is -1.88. The van der Waals surface area contributed by atoms with Crippen LogP contribution < -0.4 is 10.2 Å². The molecule has 5 heteroatoms. The molecule has 0 radical (unpaired) electrons. The van der Waals surface area contributed by atoms with Crippen LogP contribution in [0.15, 0.2) is 30.5 Å². The molecule has 0 amide bonds. The molecular weight excluding hydrogens is 262 g/mol. The van der Waals surface area contributed by atoms with Crippen LogP contribution in [0.5, 0.6) is 0 Å². The Morgan fingerprint density at radius 2 is 2.19 bits per heavy atom. The van der Waals surface area contributed by atoms with Gasteiger partial charge in [0, 0.05) is 32.0 Å². The second-order valence-electron chi connectivity index (χ2n) is 5.41. The molecule has 21 heavy (non-hydrogen) atoms. The van der Waals surface area contributed by atoms with E-state index in [4.69, 9.17) is 0 Å². The molecule has 1 N–H and O–H groups in total. The topological polar surface area (TPSA) is 46.0 Å². The third kappa shape index (κ3) is 4.86. The molecule has 0 spiro atoms. The van der Waals surface area contributed by atoms with Crippen LogP contribution in [0.2, 0.25) is 0 Å². The molecule has 1 aromatic heterocycles. The highest BCUT2D eigenvalue weighted by atomic mass is 15.4. The van der Waals surface area contributed by atoms with Crippen LogP contribution in [0.25, 0.3) is 0 Å². The highest BCUT2D eigenvalue weighted by molar-refractivity contribution is 5.47. The monoisotopic (exact) mass is 287 g/mol. The van der Waals surface area contributed by atoms with Gasteiger partial charge in [0.05, 0.1) is 12.2 Å². The van der Waals surface area contributed by atoms with Gasteiger partial charge in [-0.25, -0.2) is 0 Å². The minimum Gasteiger partial charge on any atom is -0.373 e. The van der Waals surface area contributed by atoms with Gasteiger partial charge in [0.1, 0.15) is 0 Å². The molecule has 5 nitrogen and oxygen atoms in total. The fourth-order valence-electron chi connectivity index (χ4n) is 2.17. The molecule has 1 heterocycles. The van der Waals surface area contributed by atoms with Crippen molar-refractivity contribution in [2.45, 2.75) is 33.4 Å². The Bertz CT molecular complexity index is 549. The van der Waals surface area contributed by atoms with Crippen LogP contribution in [0.4, 0.5) is 5.69 Å². The van der Waals surface area contributed by atoms with E-state index in [1.54, 1.807) is 0 Å². The summed E-state index contributed by atoms with van der Waals surface area (Å²) >= 11 is 0. The molecular formula is C16H25N5. The van der Waals surface area contributed by atoms with Crippen molar-refractivity contribution >= 4 is 5.69 Å². The highest BCUT2D eigenvalue weighted by Gasteiger charge is 2.04. The molecule has 0 aliphatic rings. The number of hydrogen-bond donors (Lipinski definition) is 1. The fraction of sp³-hybridized carbons (Fsp3) is 0.500. The zero-order valence-corrected chi connectivity index (χ0v) is 13.2. The van der Waals surface area contributed by atoms with Crippen molar-refractivity contribution in [1.29, 1.82) is 0 Å². The highest BCUT2D eigenvalue weighted by Crippen LogP contribution is 2.13. The van der Waals surface area contributed by atoms with Gasteiger partial charge in [-0.2, -0.15) is 0 Å². The van der Waals surface area contributed by atoms with Gasteiger partial charge in [-0.05, 0) is 37.6 Å². The SMILES string of the molecule is CCCNCc1cn(CCN(C)c2cccc(C)c2)nn1. The second-order valence-corrected chi connectivity index (χ2v) is 5.41. The van der Waals surface area contributed by atoms with Crippen molar-refractivity contribution < 1.29 is 0 Å². The number of anilines is 1. The zero-order valence-electron chi connectivity index (χ0n) is 13.2. The Morgan fingerprint density at radius 3 is 2.95 bits per heavy atom.